The summed E-state index contributed by atoms with van der Waals surface area (Å²) in [6.45, 7) is 2.30. The van der Waals surface area contributed by atoms with E-state index in [0.29, 0.717) is 17.2 Å². The van der Waals surface area contributed by atoms with Gasteiger partial charge in [-0.1, -0.05) is 78.7 Å². The lowest BCUT2D eigenvalue weighted by Gasteiger charge is -2.32. The van der Waals surface area contributed by atoms with Crippen LogP contribution < -0.4 is 5.73 Å². The molecule has 1 aromatic heterocycles. The van der Waals surface area contributed by atoms with Gasteiger partial charge in [0.05, 0.1) is 18.3 Å². The molecular formula is C30H28N4O2S. The van der Waals surface area contributed by atoms with Gasteiger partial charge in [-0.05, 0) is 30.2 Å². The Labute approximate surface area is 221 Å². The number of hydrogen-bond acceptors (Lipinski definition) is 5. The summed E-state index contributed by atoms with van der Waals surface area (Å²) < 4.78 is 0. The van der Waals surface area contributed by atoms with Crippen LogP contribution in [0.3, 0.4) is 0 Å². The molecule has 1 atom stereocenters. The molecule has 4 aromatic rings. The van der Waals surface area contributed by atoms with Crippen molar-refractivity contribution in [3.05, 3.63) is 107 Å². The highest BCUT2D eigenvalue weighted by atomic mass is 32.1. The van der Waals surface area contributed by atoms with Gasteiger partial charge >= 0.3 is 0 Å². The number of hydrogen-bond donors (Lipinski definition) is 1. The van der Waals surface area contributed by atoms with Gasteiger partial charge in [-0.2, -0.15) is 0 Å². The first-order valence-electron chi connectivity index (χ1n) is 11.9. The molecule has 0 aliphatic carbocycles. The van der Waals surface area contributed by atoms with E-state index in [-0.39, 0.29) is 30.9 Å². The lowest BCUT2D eigenvalue weighted by Crippen LogP contribution is -2.43. The van der Waals surface area contributed by atoms with Crippen molar-refractivity contribution < 1.29 is 9.59 Å². The molecule has 2 N–H and O–H groups in total. The number of amides is 2. The first-order valence-corrected chi connectivity index (χ1v) is 12.8. The Balaban J connectivity index is 1.55. The molecule has 6 nitrogen and oxygen atoms in total. The number of terminal acetylenes is 1. The number of aromatic nitrogens is 1. The Morgan fingerprint density at radius 1 is 1.00 bits per heavy atom. The molecule has 0 unspecified atom stereocenters. The summed E-state index contributed by atoms with van der Waals surface area (Å²) in [4.78, 5) is 34.5. The SMILES string of the molecule is C#CCN(CC(=O)N(Cc1ccccc1)[C@@H](C)c1ccccc1)C(=O)c1ccc(-c2csc(N)n2)cc1. The summed E-state index contributed by atoms with van der Waals surface area (Å²) >= 11 is 1.36. The van der Waals surface area contributed by atoms with E-state index < -0.39 is 0 Å². The maximum atomic E-state index is 13.7. The van der Waals surface area contributed by atoms with Gasteiger partial charge in [-0.3, -0.25) is 9.59 Å². The molecule has 0 aliphatic heterocycles. The summed E-state index contributed by atoms with van der Waals surface area (Å²) in [5.74, 6) is 2.04. The standard InChI is InChI=1S/C30H28N4O2S/c1-3-18-33(29(36)26-16-14-25(15-17-26)27-21-37-30(31)32-27)20-28(35)34(19-23-10-6-4-7-11-23)22(2)24-12-8-5-9-13-24/h1,4-17,21-22H,18-20H2,2H3,(H2,31,32)/t22-/m0/s1. The van der Waals surface area contributed by atoms with E-state index in [1.54, 1.807) is 17.0 Å². The number of carbonyl (C=O) groups is 2. The Morgan fingerprint density at radius 2 is 1.65 bits per heavy atom. The number of thiazole rings is 1. The highest BCUT2D eigenvalue weighted by molar-refractivity contribution is 7.13. The molecule has 4 rings (SSSR count). The molecule has 0 fully saturated rings. The van der Waals surface area contributed by atoms with E-state index in [9.17, 15) is 9.59 Å². The van der Waals surface area contributed by atoms with Gasteiger partial charge in [0.1, 0.15) is 6.54 Å². The topological polar surface area (TPSA) is 79.5 Å². The molecular weight excluding hydrogens is 480 g/mol. The molecule has 3 aromatic carbocycles. The van der Waals surface area contributed by atoms with Crippen LogP contribution in [0.4, 0.5) is 5.13 Å². The number of carbonyl (C=O) groups excluding carboxylic acids is 2. The van der Waals surface area contributed by atoms with Gasteiger partial charge < -0.3 is 15.5 Å². The lowest BCUT2D eigenvalue weighted by molar-refractivity contribution is -0.134. The smallest absolute Gasteiger partial charge is 0.255 e. The van der Waals surface area contributed by atoms with E-state index in [2.05, 4.69) is 10.9 Å². The van der Waals surface area contributed by atoms with Gasteiger partial charge in [-0.25, -0.2) is 4.98 Å². The van der Waals surface area contributed by atoms with Crippen molar-refractivity contribution in [2.75, 3.05) is 18.8 Å². The average molecular weight is 509 g/mol. The fraction of sp³-hybridized carbons (Fsp3) is 0.167. The van der Waals surface area contributed by atoms with Crippen LogP contribution in [-0.4, -0.2) is 39.7 Å². The molecule has 0 saturated heterocycles. The van der Waals surface area contributed by atoms with E-state index in [1.807, 2.05) is 85.1 Å². The van der Waals surface area contributed by atoms with Crippen LogP contribution >= 0.6 is 11.3 Å². The minimum absolute atomic E-state index is 0.0217. The Morgan fingerprint density at radius 3 is 2.24 bits per heavy atom. The van der Waals surface area contributed by atoms with Crippen molar-refractivity contribution in [2.24, 2.45) is 0 Å². The maximum Gasteiger partial charge on any atom is 0.255 e. The van der Waals surface area contributed by atoms with Crippen molar-refractivity contribution in [3.8, 4) is 23.6 Å². The quantitative estimate of drug-likeness (QED) is 0.313. The van der Waals surface area contributed by atoms with Crippen LogP contribution in [0.5, 0.6) is 0 Å². The van der Waals surface area contributed by atoms with E-state index >= 15 is 0 Å². The second-order valence-electron chi connectivity index (χ2n) is 8.61. The predicted octanol–water partition coefficient (Wildman–Crippen LogP) is 5.26. The summed E-state index contributed by atoms with van der Waals surface area (Å²) in [5.41, 5.74) is 9.81. The summed E-state index contributed by atoms with van der Waals surface area (Å²) in [7, 11) is 0. The Bertz CT molecular complexity index is 1380. The van der Waals surface area contributed by atoms with Gasteiger partial charge in [0.25, 0.3) is 5.91 Å². The van der Waals surface area contributed by atoms with Gasteiger partial charge in [0.15, 0.2) is 5.13 Å². The summed E-state index contributed by atoms with van der Waals surface area (Å²) in [6, 6.07) is 26.5. The third-order valence-electron chi connectivity index (χ3n) is 6.11. The lowest BCUT2D eigenvalue weighted by atomic mass is 10.1. The maximum absolute atomic E-state index is 13.7. The first kappa shape index (κ1) is 25.7. The van der Waals surface area contributed by atoms with Crippen molar-refractivity contribution >= 4 is 28.3 Å². The fourth-order valence-corrected chi connectivity index (χ4v) is 4.66. The predicted molar refractivity (Wildman–Crippen MR) is 149 cm³/mol. The number of benzene rings is 3. The average Bonchev–Trinajstić information content (AvgIpc) is 3.38. The van der Waals surface area contributed by atoms with Crippen LogP contribution in [0.25, 0.3) is 11.3 Å². The molecule has 1 heterocycles. The minimum Gasteiger partial charge on any atom is -0.375 e. The van der Waals surface area contributed by atoms with Crippen LogP contribution in [0.15, 0.2) is 90.3 Å². The highest BCUT2D eigenvalue weighted by Crippen LogP contribution is 2.25. The van der Waals surface area contributed by atoms with Gasteiger partial charge in [-0.15, -0.1) is 17.8 Å². The first-order chi connectivity index (χ1) is 18.0. The molecule has 0 bridgehead atoms. The second kappa shape index (κ2) is 12.0. The number of nitrogens with zero attached hydrogens (tertiary/aromatic N) is 3. The van der Waals surface area contributed by atoms with Crippen LogP contribution in [0.2, 0.25) is 0 Å². The zero-order valence-electron chi connectivity index (χ0n) is 20.6. The van der Waals surface area contributed by atoms with E-state index in [1.165, 1.54) is 16.2 Å². The van der Waals surface area contributed by atoms with E-state index in [0.717, 1.165) is 22.4 Å². The zero-order valence-corrected chi connectivity index (χ0v) is 21.4. The van der Waals surface area contributed by atoms with Crippen LogP contribution in [0, 0.1) is 12.3 Å². The number of anilines is 1. The zero-order chi connectivity index (χ0) is 26.2. The van der Waals surface area contributed by atoms with Crippen LogP contribution in [0.1, 0.15) is 34.5 Å². The number of nitrogens with two attached hydrogens (primary N) is 1. The highest BCUT2D eigenvalue weighted by Gasteiger charge is 2.26. The van der Waals surface area contributed by atoms with Gasteiger partial charge in [0.2, 0.25) is 5.91 Å². The Kier molecular flexibility index (Phi) is 8.34. The molecule has 186 valence electrons. The molecule has 0 radical (unpaired) electrons. The summed E-state index contributed by atoms with van der Waals surface area (Å²) in [5, 5.41) is 2.35. The minimum atomic E-state index is -0.303. The van der Waals surface area contributed by atoms with Crippen molar-refractivity contribution in [1.29, 1.82) is 0 Å². The molecule has 0 saturated carbocycles. The third-order valence-corrected chi connectivity index (χ3v) is 6.78. The molecule has 2 amide bonds. The van der Waals surface area contributed by atoms with E-state index in [4.69, 9.17) is 12.2 Å². The van der Waals surface area contributed by atoms with Crippen molar-refractivity contribution in [3.63, 3.8) is 0 Å². The second-order valence-corrected chi connectivity index (χ2v) is 9.50. The van der Waals surface area contributed by atoms with Gasteiger partial charge in [0, 0.05) is 23.1 Å². The molecule has 7 heteroatoms. The number of nitrogen functional groups attached to an aromatic ring is 1. The monoisotopic (exact) mass is 508 g/mol. The molecule has 37 heavy (non-hydrogen) atoms. The van der Waals surface area contributed by atoms with Crippen molar-refractivity contribution in [1.82, 2.24) is 14.8 Å². The molecule has 0 aliphatic rings. The Hall–Kier alpha value is -4.41. The van der Waals surface area contributed by atoms with Crippen LogP contribution in [-0.2, 0) is 11.3 Å². The fourth-order valence-electron chi connectivity index (χ4n) is 4.08. The van der Waals surface area contributed by atoms with Crippen molar-refractivity contribution in [2.45, 2.75) is 19.5 Å². The third kappa shape index (κ3) is 6.43. The number of rotatable bonds is 9. The molecule has 0 spiro atoms. The largest absolute Gasteiger partial charge is 0.375 e. The normalized spacial score (nSPS) is 11.4. The summed E-state index contributed by atoms with van der Waals surface area (Å²) in [6.07, 6.45) is 5.59.